The summed E-state index contributed by atoms with van der Waals surface area (Å²) in [6, 6.07) is 0.295. The Morgan fingerprint density at radius 1 is 1.47 bits per heavy atom. The van der Waals surface area contributed by atoms with Crippen LogP contribution in [0.25, 0.3) is 0 Å². The van der Waals surface area contributed by atoms with Gasteiger partial charge in [0.15, 0.2) is 0 Å². The van der Waals surface area contributed by atoms with Crippen LogP contribution < -0.4 is 5.32 Å². The average molecular weight is 288 g/mol. The predicted octanol–water partition coefficient (Wildman–Crippen LogP) is 1.60. The first-order chi connectivity index (χ1) is 9.07. The molecule has 1 N–H and O–H groups in total. The van der Waals surface area contributed by atoms with Gasteiger partial charge in [-0.3, -0.25) is 4.79 Å². The highest BCUT2D eigenvalue weighted by Crippen LogP contribution is 2.32. The van der Waals surface area contributed by atoms with E-state index in [-0.39, 0.29) is 11.3 Å². The molecule has 1 aliphatic rings. The second-order valence-electron chi connectivity index (χ2n) is 5.51. The van der Waals surface area contributed by atoms with Gasteiger partial charge in [0.05, 0.1) is 12.0 Å². The van der Waals surface area contributed by atoms with Gasteiger partial charge in [-0.05, 0) is 51.3 Å². The number of hydrogen-bond acceptors (Lipinski definition) is 4. The van der Waals surface area contributed by atoms with E-state index < -0.39 is 0 Å². The smallest absolute Gasteiger partial charge is 0.231 e. The molecule has 0 aromatic rings. The van der Waals surface area contributed by atoms with Crippen LogP contribution in [-0.4, -0.2) is 62.7 Å². The van der Waals surface area contributed by atoms with Gasteiger partial charge in [-0.15, -0.1) is 0 Å². The zero-order valence-electron chi connectivity index (χ0n) is 12.7. The molecule has 1 rings (SSSR count). The molecule has 1 saturated heterocycles. The van der Waals surface area contributed by atoms with Gasteiger partial charge in [0.1, 0.15) is 0 Å². The summed E-state index contributed by atoms with van der Waals surface area (Å²) in [6.45, 7) is 4.48. The van der Waals surface area contributed by atoms with Crippen molar-refractivity contribution in [3.63, 3.8) is 0 Å². The zero-order chi connectivity index (χ0) is 14.3. The third-order valence-corrected chi connectivity index (χ3v) is 4.80. The topological polar surface area (TPSA) is 41.6 Å². The monoisotopic (exact) mass is 288 g/mol. The molecule has 5 heteroatoms. The molecular formula is C14H28N2O2S. The second kappa shape index (κ2) is 8.12. The van der Waals surface area contributed by atoms with E-state index in [4.69, 9.17) is 4.74 Å². The van der Waals surface area contributed by atoms with E-state index in [1.165, 1.54) is 0 Å². The molecule has 0 saturated carbocycles. The highest BCUT2D eigenvalue weighted by atomic mass is 32.2. The van der Waals surface area contributed by atoms with Crippen LogP contribution in [0.1, 0.15) is 26.2 Å². The summed E-state index contributed by atoms with van der Waals surface area (Å²) < 4.78 is 5.34. The van der Waals surface area contributed by atoms with Crippen molar-refractivity contribution in [2.75, 3.05) is 45.9 Å². The maximum absolute atomic E-state index is 12.8. The molecule has 0 radical (unpaired) electrons. The van der Waals surface area contributed by atoms with Gasteiger partial charge in [0, 0.05) is 20.2 Å². The van der Waals surface area contributed by atoms with E-state index in [2.05, 4.69) is 18.5 Å². The van der Waals surface area contributed by atoms with E-state index in [0.29, 0.717) is 12.6 Å². The van der Waals surface area contributed by atoms with Crippen LogP contribution in [-0.2, 0) is 9.53 Å². The third kappa shape index (κ3) is 4.36. The quantitative estimate of drug-likeness (QED) is 0.773. The molecule has 0 bridgehead atoms. The van der Waals surface area contributed by atoms with Crippen molar-refractivity contribution in [3.05, 3.63) is 0 Å². The number of thioether (sulfide) groups is 1. The number of carbonyl (C=O) groups excluding carboxylic acids is 1. The Hall–Kier alpha value is -0.260. The highest BCUT2D eigenvalue weighted by molar-refractivity contribution is 7.98. The number of methoxy groups -OCH3 is 1. The molecule has 1 unspecified atom stereocenters. The fourth-order valence-corrected chi connectivity index (χ4v) is 3.23. The Morgan fingerprint density at radius 2 is 2.11 bits per heavy atom. The predicted molar refractivity (Wildman–Crippen MR) is 81.6 cm³/mol. The van der Waals surface area contributed by atoms with Crippen LogP contribution in [0, 0.1) is 5.41 Å². The van der Waals surface area contributed by atoms with E-state index in [0.717, 1.165) is 38.1 Å². The van der Waals surface area contributed by atoms with Gasteiger partial charge in [-0.2, -0.15) is 11.8 Å². The van der Waals surface area contributed by atoms with Crippen molar-refractivity contribution in [2.45, 2.75) is 32.2 Å². The lowest BCUT2D eigenvalue weighted by Crippen LogP contribution is -2.52. The largest absolute Gasteiger partial charge is 0.384 e. The van der Waals surface area contributed by atoms with Gasteiger partial charge < -0.3 is 15.0 Å². The highest BCUT2D eigenvalue weighted by Gasteiger charge is 2.42. The molecule has 0 aromatic carbocycles. The van der Waals surface area contributed by atoms with Gasteiger partial charge >= 0.3 is 0 Å². The Morgan fingerprint density at radius 3 is 2.63 bits per heavy atom. The summed E-state index contributed by atoms with van der Waals surface area (Å²) in [5.74, 6) is 1.35. The number of carbonyl (C=O) groups is 1. The molecule has 1 fully saturated rings. The first-order valence-corrected chi connectivity index (χ1v) is 8.42. The minimum absolute atomic E-state index is 0.254. The van der Waals surface area contributed by atoms with Crippen LogP contribution in [0.4, 0.5) is 0 Å². The normalized spacial score (nSPS) is 20.0. The average Bonchev–Trinajstić information content (AvgIpc) is 2.44. The maximum Gasteiger partial charge on any atom is 0.231 e. The van der Waals surface area contributed by atoms with E-state index >= 15 is 0 Å². The van der Waals surface area contributed by atoms with E-state index in [1.54, 1.807) is 7.11 Å². The summed E-state index contributed by atoms with van der Waals surface area (Å²) in [6.07, 6.45) is 4.90. The minimum Gasteiger partial charge on any atom is -0.384 e. The summed E-state index contributed by atoms with van der Waals surface area (Å²) in [5.41, 5.74) is -0.317. The molecular weight excluding hydrogens is 260 g/mol. The van der Waals surface area contributed by atoms with Crippen molar-refractivity contribution in [2.24, 2.45) is 5.41 Å². The van der Waals surface area contributed by atoms with Crippen molar-refractivity contribution < 1.29 is 9.53 Å². The fraction of sp³-hybridized carbons (Fsp3) is 0.929. The Kier molecular flexibility index (Phi) is 7.18. The fourth-order valence-electron chi connectivity index (χ4n) is 2.66. The molecule has 0 aliphatic carbocycles. The Balaban J connectivity index is 2.69. The van der Waals surface area contributed by atoms with Crippen molar-refractivity contribution >= 4 is 17.7 Å². The minimum atomic E-state index is -0.317. The van der Waals surface area contributed by atoms with Crippen LogP contribution in [0.2, 0.25) is 0 Å². The van der Waals surface area contributed by atoms with Crippen LogP contribution in [0.3, 0.4) is 0 Å². The van der Waals surface area contributed by atoms with Crippen LogP contribution in [0.15, 0.2) is 0 Å². The molecule has 0 spiro atoms. The van der Waals surface area contributed by atoms with Crippen LogP contribution in [0.5, 0.6) is 0 Å². The van der Waals surface area contributed by atoms with Crippen molar-refractivity contribution in [1.82, 2.24) is 10.2 Å². The summed E-state index contributed by atoms with van der Waals surface area (Å²) in [5, 5.41) is 3.33. The molecule has 1 atom stereocenters. The first kappa shape index (κ1) is 16.8. The van der Waals surface area contributed by atoms with Crippen LogP contribution >= 0.6 is 11.8 Å². The molecule has 1 amide bonds. The number of rotatable bonds is 7. The number of piperidine rings is 1. The number of nitrogens with zero attached hydrogens (tertiary/aromatic N) is 1. The molecule has 19 heavy (non-hydrogen) atoms. The molecule has 4 nitrogen and oxygen atoms in total. The van der Waals surface area contributed by atoms with Gasteiger partial charge in [0.25, 0.3) is 0 Å². The lowest BCUT2D eigenvalue weighted by molar-refractivity contribution is -0.148. The maximum atomic E-state index is 12.8. The number of amides is 1. The van der Waals surface area contributed by atoms with E-state index in [9.17, 15) is 4.79 Å². The second-order valence-corrected chi connectivity index (χ2v) is 6.50. The Labute approximate surface area is 121 Å². The molecule has 112 valence electrons. The number of ether oxygens (including phenoxy) is 1. The standard InChI is InChI=1S/C14H28N2O2S/c1-12(5-10-19-4)16(2)13(17)14(11-18-3)6-8-15-9-7-14/h12,15H,5-11H2,1-4H3. The first-order valence-electron chi connectivity index (χ1n) is 7.03. The summed E-state index contributed by atoms with van der Waals surface area (Å²) >= 11 is 1.83. The molecule has 1 heterocycles. The van der Waals surface area contributed by atoms with Crippen molar-refractivity contribution in [3.8, 4) is 0 Å². The molecule has 0 aromatic heterocycles. The SMILES string of the molecule is COCC1(C(=O)N(C)C(C)CCSC)CCNCC1. The van der Waals surface area contributed by atoms with Gasteiger partial charge in [-0.1, -0.05) is 0 Å². The third-order valence-electron chi connectivity index (χ3n) is 4.16. The number of nitrogens with one attached hydrogen (secondary N) is 1. The summed E-state index contributed by atoms with van der Waals surface area (Å²) in [4.78, 5) is 14.8. The lowest BCUT2D eigenvalue weighted by Gasteiger charge is -2.40. The van der Waals surface area contributed by atoms with Gasteiger partial charge in [-0.25, -0.2) is 0 Å². The molecule has 1 aliphatic heterocycles. The van der Waals surface area contributed by atoms with E-state index in [1.807, 2.05) is 23.7 Å². The Bertz CT molecular complexity index is 275. The summed E-state index contributed by atoms with van der Waals surface area (Å²) in [7, 11) is 3.63. The van der Waals surface area contributed by atoms with Gasteiger partial charge in [0.2, 0.25) is 5.91 Å². The van der Waals surface area contributed by atoms with Crippen molar-refractivity contribution in [1.29, 1.82) is 0 Å². The zero-order valence-corrected chi connectivity index (χ0v) is 13.5. The lowest BCUT2D eigenvalue weighted by atomic mass is 9.78. The number of hydrogen-bond donors (Lipinski definition) is 1.